The molecule has 1 N–H and O–H groups in total. The number of ether oxygens (including phenoxy) is 1. The molecule has 4 aliphatic rings. The number of hydrazone groups is 1. The molecule has 0 aromatic rings. The molecular formula is C20H29N3O. The average molecular weight is 327 g/mol. The van der Waals surface area contributed by atoms with Gasteiger partial charge in [-0.25, -0.2) is 0 Å². The summed E-state index contributed by atoms with van der Waals surface area (Å²) in [5.74, 6) is 1.19. The van der Waals surface area contributed by atoms with E-state index >= 15 is 0 Å². The van der Waals surface area contributed by atoms with Crippen molar-refractivity contribution in [1.29, 1.82) is 0 Å². The summed E-state index contributed by atoms with van der Waals surface area (Å²) in [4.78, 5) is 0. The first kappa shape index (κ1) is 16.1. The fourth-order valence-electron chi connectivity index (χ4n) is 4.64. The van der Waals surface area contributed by atoms with Gasteiger partial charge in [0, 0.05) is 31.2 Å². The van der Waals surface area contributed by atoms with E-state index < -0.39 is 0 Å². The van der Waals surface area contributed by atoms with Crippen LogP contribution in [0.3, 0.4) is 0 Å². The zero-order chi connectivity index (χ0) is 16.7. The third-order valence-corrected chi connectivity index (χ3v) is 6.14. The normalized spacial score (nSPS) is 38.2. The van der Waals surface area contributed by atoms with E-state index in [1.807, 2.05) is 7.11 Å². The number of hydrogen-bond donors (Lipinski definition) is 1. The molecule has 0 amide bonds. The molecule has 0 saturated heterocycles. The summed E-state index contributed by atoms with van der Waals surface area (Å²) in [6, 6.07) is 0.413. The Morgan fingerprint density at radius 2 is 2.04 bits per heavy atom. The van der Waals surface area contributed by atoms with E-state index in [0.29, 0.717) is 18.1 Å². The first-order valence-electron chi connectivity index (χ1n) is 9.33. The molecule has 1 saturated carbocycles. The molecule has 4 nitrogen and oxygen atoms in total. The van der Waals surface area contributed by atoms with Crippen molar-refractivity contribution in [3.8, 4) is 0 Å². The van der Waals surface area contributed by atoms with Crippen LogP contribution in [0.25, 0.3) is 0 Å². The van der Waals surface area contributed by atoms with Gasteiger partial charge in [-0.15, -0.1) is 0 Å². The SMILES string of the molecule is COC1CCC(CN2N=C(C)C3=CC4C=CC=C(C)C4NC32)CC1. The molecule has 2 aliphatic carbocycles. The Morgan fingerprint density at radius 3 is 2.79 bits per heavy atom. The molecule has 3 atom stereocenters. The van der Waals surface area contributed by atoms with Crippen LogP contribution in [-0.4, -0.2) is 42.7 Å². The smallest absolute Gasteiger partial charge is 0.124 e. The average Bonchev–Trinajstić information content (AvgIpc) is 2.90. The summed E-state index contributed by atoms with van der Waals surface area (Å²) < 4.78 is 5.51. The predicted molar refractivity (Wildman–Crippen MR) is 97.8 cm³/mol. The van der Waals surface area contributed by atoms with Crippen molar-refractivity contribution in [3.63, 3.8) is 0 Å². The highest BCUT2D eigenvalue weighted by molar-refractivity contribution is 6.00. The van der Waals surface area contributed by atoms with E-state index in [-0.39, 0.29) is 6.17 Å². The van der Waals surface area contributed by atoms with E-state index in [0.717, 1.165) is 12.5 Å². The number of hydrogen-bond acceptors (Lipinski definition) is 4. The van der Waals surface area contributed by atoms with Crippen molar-refractivity contribution in [2.24, 2.45) is 16.9 Å². The van der Waals surface area contributed by atoms with Crippen molar-refractivity contribution in [1.82, 2.24) is 10.3 Å². The van der Waals surface area contributed by atoms with Crippen LogP contribution in [0, 0.1) is 11.8 Å². The minimum Gasteiger partial charge on any atom is -0.381 e. The van der Waals surface area contributed by atoms with Crippen molar-refractivity contribution in [2.45, 2.75) is 57.8 Å². The van der Waals surface area contributed by atoms with Crippen LogP contribution in [0.5, 0.6) is 0 Å². The molecule has 0 radical (unpaired) electrons. The summed E-state index contributed by atoms with van der Waals surface area (Å²) in [5, 5.41) is 11.1. The summed E-state index contributed by atoms with van der Waals surface area (Å²) in [7, 11) is 1.84. The van der Waals surface area contributed by atoms with E-state index in [1.165, 1.54) is 42.5 Å². The molecule has 4 rings (SSSR count). The summed E-state index contributed by atoms with van der Waals surface area (Å²) in [5.41, 5.74) is 3.97. The van der Waals surface area contributed by atoms with Gasteiger partial charge < -0.3 is 4.74 Å². The number of methoxy groups -OCH3 is 1. The third-order valence-electron chi connectivity index (χ3n) is 6.14. The number of rotatable bonds is 3. The fourth-order valence-corrected chi connectivity index (χ4v) is 4.64. The number of nitrogens with one attached hydrogen (secondary N) is 1. The topological polar surface area (TPSA) is 36.9 Å². The molecule has 0 spiro atoms. The van der Waals surface area contributed by atoms with Gasteiger partial charge in [0.1, 0.15) is 6.17 Å². The van der Waals surface area contributed by atoms with Crippen LogP contribution < -0.4 is 5.32 Å². The largest absolute Gasteiger partial charge is 0.381 e. The molecule has 4 heteroatoms. The second kappa shape index (κ2) is 6.49. The Labute approximate surface area is 145 Å². The van der Waals surface area contributed by atoms with Crippen molar-refractivity contribution in [3.05, 3.63) is 35.5 Å². The molecule has 0 bridgehead atoms. The Balaban J connectivity index is 1.47. The van der Waals surface area contributed by atoms with Gasteiger partial charge >= 0.3 is 0 Å². The van der Waals surface area contributed by atoms with Crippen LogP contribution in [0.15, 0.2) is 40.6 Å². The van der Waals surface area contributed by atoms with E-state index in [2.05, 4.69) is 48.5 Å². The molecule has 1 fully saturated rings. The molecule has 3 unspecified atom stereocenters. The molecule has 130 valence electrons. The minimum absolute atomic E-state index is 0.251. The van der Waals surface area contributed by atoms with E-state index in [9.17, 15) is 0 Å². The first-order chi connectivity index (χ1) is 11.7. The maximum Gasteiger partial charge on any atom is 0.124 e. The van der Waals surface area contributed by atoms with Crippen LogP contribution in [0.1, 0.15) is 39.5 Å². The highest BCUT2D eigenvalue weighted by Crippen LogP contribution is 2.34. The summed E-state index contributed by atoms with van der Waals surface area (Å²) in [6.45, 7) is 5.43. The highest BCUT2D eigenvalue weighted by atomic mass is 16.5. The van der Waals surface area contributed by atoms with Crippen LogP contribution in [0.4, 0.5) is 0 Å². The predicted octanol–water partition coefficient (Wildman–Crippen LogP) is 3.24. The molecule has 0 aromatic heterocycles. The second-order valence-corrected chi connectivity index (χ2v) is 7.73. The zero-order valence-electron chi connectivity index (χ0n) is 15.0. The highest BCUT2D eigenvalue weighted by Gasteiger charge is 2.39. The molecule has 2 heterocycles. The second-order valence-electron chi connectivity index (χ2n) is 7.73. The van der Waals surface area contributed by atoms with E-state index in [4.69, 9.17) is 9.84 Å². The molecular weight excluding hydrogens is 298 g/mol. The lowest BCUT2D eigenvalue weighted by atomic mass is 9.83. The van der Waals surface area contributed by atoms with Gasteiger partial charge in [0.2, 0.25) is 0 Å². The maximum absolute atomic E-state index is 5.51. The fraction of sp³-hybridized carbons (Fsp3) is 0.650. The van der Waals surface area contributed by atoms with Gasteiger partial charge in [0.15, 0.2) is 0 Å². The van der Waals surface area contributed by atoms with Crippen molar-refractivity contribution >= 4 is 5.71 Å². The van der Waals surface area contributed by atoms with Crippen LogP contribution in [0.2, 0.25) is 0 Å². The number of fused-ring (bicyclic) bond motifs is 2. The summed E-state index contributed by atoms with van der Waals surface area (Å²) >= 11 is 0. The lowest BCUT2D eigenvalue weighted by Crippen LogP contribution is -2.53. The standard InChI is InChI=1S/C20H29N3O/c1-13-5-4-6-16-11-18-14(2)22-23(20(18)21-19(13)16)12-15-7-9-17(24-3)10-8-15/h4-6,11,15-17,19-21H,7-10,12H2,1-3H3. The van der Waals surface area contributed by atoms with Gasteiger partial charge in [0.05, 0.1) is 11.8 Å². The Hall–Kier alpha value is -1.39. The van der Waals surface area contributed by atoms with Gasteiger partial charge in [0.25, 0.3) is 0 Å². The molecule has 2 aliphatic heterocycles. The Bertz CT molecular complexity index is 610. The van der Waals surface area contributed by atoms with Gasteiger partial charge in [-0.1, -0.05) is 29.9 Å². The van der Waals surface area contributed by atoms with Crippen LogP contribution in [-0.2, 0) is 4.74 Å². The Kier molecular flexibility index (Phi) is 4.35. The third kappa shape index (κ3) is 2.86. The first-order valence-corrected chi connectivity index (χ1v) is 9.33. The quantitative estimate of drug-likeness (QED) is 0.864. The molecule has 0 aromatic carbocycles. The van der Waals surface area contributed by atoms with Gasteiger partial charge in [-0.05, 0) is 45.4 Å². The van der Waals surface area contributed by atoms with Crippen molar-refractivity contribution < 1.29 is 4.74 Å². The van der Waals surface area contributed by atoms with Gasteiger partial charge in [-0.3, -0.25) is 10.3 Å². The van der Waals surface area contributed by atoms with Crippen molar-refractivity contribution in [2.75, 3.05) is 13.7 Å². The van der Waals surface area contributed by atoms with Gasteiger partial charge in [-0.2, -0.15) is 5.10 Å². The minimum atomic E-state index is 0.251. The van der Waals surface area contributed by atoms with Crippen LogP contribution >= 0.6 is 0 Å². The van der Waals surface area contributed by atoms with E-state index in [1.54, 1.807) is 0 Å². The lowest BCUT2D eigenvalue weighted by Gasteiger charge is -2.39. The number of nitrogens with zero attached hydrogens (tertiary/aromatic N) is 2. The Morgan fingerprint density at radius 1 is 1.25 bits per heavy atom. The molecule has 24 heavy (non-hydrogen) atoms. The summed E-state index contributed by atoms with van der Waals surface area (Å²) in [6.07, 6.45) is 14.7. The lowest BCUT2D eigenvalue weighted by molar-refractivity contribution is 0.0462. The zero-order valence-corrected chi connectivity index (χ0v) is 15.0. The monoisotopic (exact) mass is 327 g/mol. The maximum atomic E-state index is 5.51. The number of allylic oxidation sites excluding steroid dienone is 2.